The van der Waals surface area contributed by atoms with Gasteiger partial charge < -0.3 is 4.52 Å². The van der Waals surface area contributed by atoms with Gasteiger partial charge in [-0.1, -0.05) is 32.3 Å². The minimum atomic E-state index is 0.629. The van der Waals surface area contributed by atoms with Crippen molar-refractivity contribution < 1.29 is 4.52 Å². The zero-order valence-electron chi connectivity index (χ0n) is 9.41. The van der Waals surface area contributed by atoms with E-state index in [1.807, 2.05) is 24.4 Å². The Morgan fingerprint density at radius 3 is 2.93 bits per heavy atom. The van der Waals surface area contributed by atoms with Crippen LogP contribution in [-0.4, -0.2) is 11.1 Å². The van der Waals surface area contributed by atoms with E-state index in [0.29, 0.717) is 15.4 Å². The molecule has 0 N–H and O–H groups in total. The number of pyridine rings is 1. The third-order valence-electron chi connectivity index (χ3n) is 2.18. The number of rotatable bonds is 8. The molecule has 0 fully saturated rings. The van der Waals surface area contributed by atoms with Crippen LogP contribution >= 0.6 is 8.81 Å². The molecule has 1 unspecified atom stereocenters. The largest absolute Gasteiger partial charge is 0.356 e. The van der Waals surface area contributed by atoms with E-state index in [4.69, 9.17) is 4.52 Å². The van der Waals surface area contributed by atoms with Gasteiger partial charge in [-0.25, -0.2) is 0 Å². The van der Waals surface area contributed by atoms with Crippen LogP contribution in [0.2, 0.25) is 0 Å². The van der Waals surface area contributed by atoms with Crippen LogP contribution in [0, 0.1) is 0 Å². The van der Waals surface area contributed by atoms with Crippen molar-refractivity contribution in [2.24, 2.45) is 0 Å². The van der Waals surface area contributed by atoms with E-state index in [9.17, 15) is 0 Å². The molecule has 0 saturated carbocycles. The maximum absolute atomic E-state index is 5.57. The quantitative estimate of drug-likeness (QED) is 0.496. The van der Waals surface area contributed by atoms with E-state index in [1.54, 1.807) is 0 Å². The molecular weight excluding hydrogens is 205 g/mol. The summed E-state index contributed by atoms with van der Waals surface area (Å²) in [5, 5.41) is 0. The summed E-state index contributed by atoms with van der Waals surface area (Å²) in [4.78, 5) is 4.21. The van der Waals surface area contributed by atoms with Crippen molar-refractivity contribution in [3.05, 3.63) is 30.1 Å². The molecule has 0 aromatic carbocycles. The predicted molar refractivity (Wildman–Crippen MR) is 66.4 cm³/mol. The molecule has 0 saturated heterocycles. The van der Waals surface area contributed by atoms with Gasteiger partial charge in [0.05, 0.1) is 12.3 Å². The molecule has 0 aliphatic rings. The lowest BCUT2D eigenvalue weighted by atomic mass is 10.2. The molecule has 1 aromatic rings. The number of hydrogen-bond donors (Lipinski definition) is 0. The molecule has 2 nitrogen and oxygen atoms in total. The standard InChI is InChI=1S/C12H20NOP/c1-2-3-4-7-10-15-14-11-12-8-5-6-9-13-12/h5-6,8-9,15H,2-4,7,10-11H2,1H3. The van der Waals surface area contributed by atoms with Gasteiger partial charge >= 0.3 is 0 Å². The van der Waals surface area contributed by atoms with Gasteiger partial charge in [-0.2, -0.15) is 0 Å². The van der Waals surface area contributed by atoms with Crippen molar-refractivity contribution in [1.82, 2.24) is 4.98 Å². The monoisotopic (exact) mass is 225 g/mol. The molecule has 0 amide bonds. The summed E-state index contributed by atoms with van der Waals surface area (Å²) >= 11 is 0. The maximum Gasteiger partial charge on any atom is 0.0927 e. The van der Waals surface area contributed by atoms with Gasteiger partial charge in [-0.15, -0.1) is 0 Å². The van der Waals surface area contributed by atoms with Crippen LogP contribution in [0.3, 0.4) is 0 Å². The summed E-state index contributed by atoms with van der Waals surface area (Å²) in [5.41, 5.74) is 1.03. The molecule has 1 aromatic heterocycles. The Morgan fingerprint density at radius 1 is 1.27 bits per heavy atom. The van der Waals surface area contributed by atoms with Gasteiger partial charge in [0.2, 0.25) is 0 Å². The lowest BCUT2D eigenvalue weighted by Gasteiger charge is -2.03. The molecule has 0 aliphatic heterocycles. The van der Waals surface area contributed by atoms with Crippen LogP contribution in [-0.2, 0) is 11.1 Å². The van der Waals surface area contributed by atoms with Crippen LogP contribution in [0.25, 0.3) is 0 Å². The number of nitrogens with zero attached hydrogens (tertiary/aromatic N) is 1. The molecular formula is C12H20NOP. The first-order valence-corrected chi connectivity index (χ1v) is 6.79. The fourth-order valence-electron chi connectivity index (χ4n) is 1.30. The van der Waals surface area contributed by atoms with Crippen LogP contribution in [0.15, 0.2) is 24.4 Å². The molecule has 1 atom stereocenters. The first-order valence-electron chi connectivity index (χ1n) is 5.68. The Bertz CT molecular complexity index is 241. The summed E-state index contributed by atoms with van der Waals surface area (Å²) < 4.78 is 5.57. The van der Waals surface area contributed by atoms with Crippen molar-refractivity contribution in [3.8, 4) is 0 Å². The zero-order valence-corrected chi connectivity index (χ0v) is 10.4. The van der Waals surface area contributed by atoms with E-state index in [0.717, 1.165) is 5.69 Å². The molecule has 84 valence electrons. The Labute approximate surface area is 94.3 Å². The Balaban J connectivity index is 1.93. The van der Waals surface area contributed by atoms with Gasteiger partial charge in [0.15, 0.2) is 0 Å². The summed E-state index contributed by atoms with van der Waals surface area (Å²) in [6.07, 6.45) is 8.31. The van der Waals surface area contributed by atoms with Crippen molar-refractivity contribution in [3.63, 3.8) is 0 Å². The number of aromatic nitrogens is 1. The third-order valence-corrected chi connectivity index (χ3v) is 3.09. The summed E-state index contributed by atoms with van der Waals surface area (Å²) in [6.45, 7) is 2.90. The normalized spacial score (nSPS) is 11.3. The number of hydrogen-bond acceptors (Lipinski definition) is 2. The van der Waals surface area contributed by atoms with E-state index in [2.05, 4.69) is 11.9 Å². The first-order chi connectivity index (χ1) is 7.43. The second kappa shape index (κ2) is 8.82. The first kappa shape index (κ1) is 12.6. The predicted octanol–water partition coefficient (Wildman–Crippen LogP) is 3.77. The Hall–Kier alpha value is -0.460. The van der Waals surface area contributed by atoms with E-state index < -0.39 is 0 Å². The Morgan fingerprint density at radius 2 is 2.20 bits per heavy atom. The van der Waals surface area contributed by atoms with Gasteiger partial charge in [0, 0.05) is 15.0 Å². The molecule has 0 aliphatic carbocycles. The zero-order chi connectivity index (χ0) is 10.8. The lowest BCUT2D eigenvalue weighted by molar-refractivity contribution is 0.345. The van der Waals surface area contributed by atoms with Crippen LogP contribution in [0.4, 0.5) is 0 Å². The molecule has 1 rings (SSSR count). The average Bonchev–Trinajstić information content (AvgIpc) is 2.29. The minimum absolute atomic E-state index is 0.629. The topological polar surface area (TPSA) is 22.1 Å². The second-order valence-corrected chi connectivity index (χ2v) is 4.64. The molecule has 0 spiro atoms. The SMILES string of the molecule is CCCCCCPOCc1ccccn1. The van der Waals surface area contributed by atoms with Crippen molar-refractivity contribution in [2.45, 2.75) is 39.2 Å². The third kappa shape index (κ3) is 6.59. The maximum atomic E-state index is 5.57. The highest BCUT2D eigenvalue weighted by Gasteiger charge is 1.93. The van der Waals surface area contributed by atoms with Gasteiger partial charge in [0.1, 0.15) is 0 Å². The van der Waals surface area contributed by atoms with E-state index in [1.165, 1.54) is 31.8 Å². The summed E-state index contributed by atoms with van der Waals surface area (Å²) in [6, 6.07) is 5.92. The summed E-state index contributed by atoms with van der Waals surface area (Å²) in [7, 11) is 0.629. The van der Waals surface area contributed by atoms with Crippen molar-refractivity contribution in [2.75, 3.05) is 6.16 Å². The van der Waals surface area contributed by atoms with E-state index >= 15 is 0 Å². The van der Waals surface area contributed by atoms with Crippen LogP contribution in [0.5, 0.6) is 0 Å². The minimum Gasteiger partial charge on any atom is -0.356 e. The molecule has 0 radical (unpaired) electrons. The molecule has 1 heterocycles. The smallest absolute Gasteiger partial charge is 0.0927 e. The summed E-state index contributed by atoms with van der Waals surface area (Å²) in [5.74, 6) is 0. The number of unbranched alkanes of at least 4 members (excludes halogenated alkanes) is 3. The Kier molecular flexibility index (Phi) is 7.41. The van der Waals surface area contributed by atoms with Crippen LogP contribution < -0.4 is 0 Å². The fraction of sp³-hybridized carbons (Fsp3) is 0.583. The van der Waals surface area contributed by atoms with Gasteiger partial charge in [-0.05, 0) is 24.7 Å². The van der Waals surface area contributed by atoms with Crippen molar-refractivity contribution in [1.29, 1.82) is 0 Å². The molecule has 3 heteroatoms. The lowest BCUT2D eigenvalue weighted by Crippen LogP contribution is -1.89. The van der Waals surface area contributed by atoms with E-state index in [-0.39, 0.29) is 0 Å². The highest BCUT2D eigenvalue weighted by atomic mass is 31.1. The highest BCUT2D eigenvalue weighted by Crippen LogP contribution is 2.17. The van der Waals surface area contributed by atoms with Gasteiger partial charge in [-0.3, -0.25) is 4.98 Å². The average molecular weight is 225 g/mol. The highest BCUT2D eigenvalue weighted by molar-refractivity contribution is 7.32. The molecule has 0 bridgehead atoms. The molecule has 15 heavy (non-hydrogen) atoms. The fourth-order valence-corrected chi connectivity index (χ4v) is 2.09. The van der Waals surface area contributed by atoms with Crippen LogP contribution in [0.1, 0.15) is 38.3 Å². The van der Waals surface area contributed by atoms with Gasteiger partial charge in [0.25, 0.3) is 0 Å². The van der Waals surface area contributed by atoms with Crippen molar-refractivity contribution >= 4 is 8.81 Å². The second-order valence-electron chi connectivity index (χ2n) is 3.56.